The van der Waals surface area contributed by atoms with E-state index < -0.39 is 0 Å². The van der Waals surface area contributed by atoms with Crippen molar-refractivity contribution in [3.05, 3.63) is 0 Å². The van der Waals surface area contributed by atoms with Crippen molar-refractivity contribution in [2.24, 2.45) is 17.6 Å². The molecule has 3 nitrogen and oxygen atoms in total. The van der Waals surface area contributed by atoms with Crippen LogP contribution >= 0.6 is 0 Å². The Morgan fingerprint density at radius 1 is 1.50 bits per heavy atom. The third-order valence-corrected chi connectivity index (χ3v) is 2.74. The van der Waals surface area contributed by atoms with Crippen LogP contribution in [0.15, 0.2) is 0 Å². The molecule has 3 heteroatoms. The number of ether oxygens (including phenoxy) is 1. The summed E-state index contributed by atoms with van der Waals surface area (Å²) in [6.07, 6.45) is 2.86. The molecule has 1 aliphatic rings. The van der Waals surface area contributed by atoms with E-state index in [1.165, 1.54) is 7.11 Å². The predicted octanol–water partition coefficient (Wildman–Crippen LogP) is 0.923. The van der Waals surface area contributed by atoms with E-state index >= 15 is 0 Å². The van der Waals surface area contributed by atoms with E-state index in [1.54, 1.807) is 0 Å². The minimum Gasteiger partial charge on any atom is -0.469 e. The first-order valence-corrected chi connectivity index (χ1v) is 4.48. The highest BCUT2D eigenvalue weighted by molar-refractivity contribution is 5.72. The molecule has 3 unspecified atom stereocenters. The maximum absolute atomic E-state index is 11.2. The average molecular weight is 171 g/mol. The average Bonchev–Trinajstić information content (AvgIpc) is 2.08. The van der Waals surface area contributed by atoms with Gasteiger partial charge in [0.15, 0.2) is 0 Å². The van der Waals surface area contributed by atoms with Crippen molar-refractivity contribution in [2.45, 2.75) is 32.2 Å². The number of rotatable bonds is 1. The van der Waals surface area contributed by atoms with Gasteiger partial charge in [-0.25, -0.2) is 0 Å². The fourth-order valence-electron chi connectivity index (χ4n) is 1.83. The SMILES string of the molecule is COC(=O)C1CC(N)CCC1C. The predicted molar refractivity (Wildman–Crippen MR) is 46.5 cm³/mol. The highest BCUT2D eigenvalue weighted by Gasteiger charge is 2.31. The molecule has 3 atom stereocenters. The van der Waals surface area contributed by atoms with Gasteiger partial charge in [0, 0.05) is 6.04 Å². The molecule has 0 spiro atoms. The molecule has 0 aromatic carbocycles. The maximum Gasteiger partial charge on any atom is 0.308 e. The second kappa shape index (κ2) is 3.90. The lowest BCUT2D eigenvalue weighted by atomic mass is 9.78. The van der Waals surface area contributed by atoms with Crippen LogP contribution in [0.25, 0.3) is 0 Å². The fraction of sp³-hybridized carbons (Fsp3) is 0.889. The van der Waals surface area contributed by atoms with Gasteiger partial charge in [0.05, 0.1) is 13.0 Å². The van der Waals surface area contributed by atoms with E-state index in [-0.39, 0.29) is 17.9 Å². The van der Waals surface area contributed by atoms with Gasteiger partial charge in [0.2, 0.25) is 0 Å². The summed E-state index contributed by atoms with van der Waals surface area (Å²) in [4.78, 5) is 11.2. The second-order valence-corrected chi connectivity index (χ2v) is 3.68. The number of carbonyl (C=O) groups excluding carboxylic acids is 1. The Morgan fingerprint density at radius 3 is 2.75 bits per heavy atom. The molecule has 0 aromatic heterocycles. The number of hydrogen-bond donors (Lipinski definition) is 1. The summed E-state index contributed by atoms with van der Waals surface area (Å²) in [6.45, 7) is 2.09. The molecule has 12 heavy (non-hydrogen) atoms. The first-order chi connectivity index (χ1) is 5.65. The highest BCUT2D eigenvalue weighted by Crippen LogP contribution is 2.29. The molecule has 0 saturated heterocycles. The minimum absolute atomic E-state index is 0.0266. The zero-order chi connectivity index (χ0) is 9.14. The van der Waals surface area contributed by atoms with E-state index in [9.17, 15) is 4.79 Å². The van der Waals surface area contributed by atoms with E-state index in [1.807, 2.05) is 0 Å². The topological polar surface area (TPSA) is 52.3 Å². The Labute approximate surface area is 73.3 Å². The number of nitrogens with two attached hydrogens (primary N) is 1. The molecular formula is C9H17NO2. The summed E-state index contributed by atoms with van der Waals surface area (Å²) in [5.41, 5.74) is 5.77. The van der Waals surface area contributed by atoms with Crippen molar-refractivity contribution in [2.75, 3.05) is 7.11 Å². The molecule has 1 rings (SSSR count). The minimum atomic E-state index is -0.0994. The molecule has 70 valence electrons. The zero-order valence-electron chi connectivity index (χ0n) is 7.75. The van der Waals surface area contributed by atoms with Gasteiger partial charge in [-0.3, -0.25) is 4.79 Å². The Hall–Kier alpha value is -0.570. The van der Waals surface area contributed by atoms with E-state index in [2.05, 4.69) is 6.92 Å². The lowest BCUT2D eigenvalue weighted by Gasteiger charge is -2.30. The normalized spacial score (nSPS) is 36.1. The van der Waals surface area contributed by atoms with Crippen molar-refractivity contribution in [1.82, 2.24) is 0 Å². The molecular weight excluding hydrogens is 154 g/mol. The van der Waals surface area contributed by atoms with Gasteiger partial charge in [-0.05, 0) is 25.2 Å². The van der Waals surface area contributed by atoms with Crippen molar-refractivity contribution < 1.29 is 9.53 Å². The van der Waals surface area contributed by atoms with Crippen LogP contribution < -0.4 is 5.73 Å². The zero-order valence-corrected chi connectivity index (χ0v) is 7.75. The van der Waals surface area contributed by atoms with Gasteiger partial charge in [-0.2, -0.15) is 0 Å². The Morgan fingerprint density at radius 2 is 2.17 bits per heavy atom. The maximum atomic E-state index is 11.2. The molecule has 1 saturated carbocycles. The first kappa shape index (κ1) is 9.52. The van der Waals surface area contributed by atoms with Gasteiger partial charge in [0.25, 0.3) is 0 Å². The summed E-state index contributed by atoms with van der Waals surface area (Å²) < 4.78 is 4.71. The van der Waals surface area contributed by atoms with Crippen molar-refractivity contribution in [3.63, 3.8) is 0 Å². The van der Waals surface area contributed by atoms with Crippen molar-refractivity contribution in [1.29, 1.82) is 0 Å². The number of hydrogen-bond acceptors (Lipinski definition) is 3. The third-order valence-electron chi connectivity index (χ3n) is 2.74. The van der Waals surface area contributed by atoms with Crippen LogP contribution in [-0.2, 0) is 9.53 Å². The third kappa shape index (κ3) is 1.97. The monoisotopic (exact) mass is 171 g/mol. The van der Waals surface area contributed by atoms with Gasteiger partial charge >= 0.3 is 5.97 Å². The molecule has 0 radical (unpaired) electrons. The molecule has 0 heterocycles. The van der Waals surface area contributed by atoms with Crippen molar-refractivity contribution in [3.8, 4) is 0 Å². The molecule has 0 amide bonds. The fourth-order valence-corrected chi connectivity index (χ4v) is 1.83. The van der Waals surface area contributed by atoms with Crippen LogP contribution in [0.3, 0.4) is 0 Å². The Balaban J connectivity index is 2.54. The summed E-state index contributed by atoms with van der Waals surface area (Å²) >= 11 is 0. The molecule has 1 aliphatic carbocycles. The lowest BCUT2D eigenvalue weighted by molar-refractivity contribution is -0.148. The van der Waals surface area contributed by atoms with Gasteiger partial charge in [0.1, 0.15) is 0 Å². The summed E-state index contributed by atoms with van der Waals surface area (Å²) in [7, 11) is 1.44. The Kier molecular flexibility index (Phi) is 3.09. The largest absolute Gasteiger partial charge is 0.469 e. The Bertz CT molecular complexity index is 170. The molecule has 1 fully saturated rings. The second-order valence-electron chi connectivity index (χ2n) is 3.68. The smallest absolute Gasteiger partial charge is 0.308 e. The van der Waals surface area contributed by atoms with Crippen LogP contribution in [0.2, 0.25) is 0 Å². The van der Waals surface area contributed by atoms with Crippen LogP contribution in [0.5, 0.6) is 0 Å². The standard InChI is InChI=1S/C9H17NO2/c1-6-3-4-7(10)5-8(6)9(11)12-2/h6-8H,3-5,10H2,1-2H3. The number of methoxy groups -OCH3 is 1. The number of carbonyl (C=O) groups is 1. The number of esters is 1. The van der Waals surface area contributed by atoms with E-state index in [0.29, 0.717) is 5.92 Å². The molecule has 0 aromatic rings. The van der Waals surface area contributed by atoms with Gasteiger partial charge in [-0.1, -0.05) is 6.92 Å². The molecule has 0 aliphatic heterocycles. The summed E-state index contributed by atoms with van der Waals surface area (Å²) in [5, 5.41) is 0. The first-order valence-electron chi connectivity index (χ1n) is 4.48. The van der Waals surface area contributed by atoms with Crippen LogP contribution in [-0.4, -0.2) is 19.1 Å². The van der Waals surface area contributed by atoms with Crippen LogP contribution in [0.4, 0.5) is 0 Å². The van der Waals surface area contributed by atoms with E-state index in [4.69, 9.17) is 10.5 Å². The molecule has 2 N–H and O–H groups in total. The summed E-state index contributed by atoms with van der Waals surface area (Å²) in [5.74, 6) is 0.355. The van der Waals surface area contributed by atoms with Gasteiger partial charge in [-0.15, -0.1) is 0 Å². The van der Waals surface area contributed by atoms with Crippen molar-refractivity contribution >= 4 is 5.97 Å². The van der Waals surface area contributed by atoms with Crippen LogP contribution in [0.1, 0.15) is 26.2 Å². The quantitative estimate of drug-likeness (QED) is 0.597. The van der Waals surface area contributed by atoms with Crippen LogP contribution in [0, 0.1) is 11.8 Å². The van der Waals surface area contributed by atoms with Gasteiger partial charge < -0.3 is 10.5 Å². The highest BCUT2D eigenvalue weighted by atomic mass is 16.5. The summed E-state index contributed by atoms with van der Waals surface area (Å²) in [6, 6.07) is 0.185. The molecule has 0 bridgehead atoms. The lowest BCUT2D eigenvalue weighted by Crippen LogP contribution is -2.36. The van der Waals surface area contributed by atoms with E-state index in [0.717, 1.165) is 19.3 Å².